The summed E-state index contributed by atoms with van der Waals surface area (Å²) in [5.41, 5.74) is 8.16. The number of thioether (sulfide) groups is 2. The SMILES string of the molecule is Cc1cc(SCC2=C(C(=O)O)N3C(=O)[C@@H](NC(=O)C(=NOC(C)(C)C(=O)NNC(=O)c4ccc(O)c(O)c4)c4csc(N)n4)[C@H]3SC2)n2nc(CNS(=O)(=O)c3ccc(O)c(O)c3)nc2n1.[Na]. The first-order valence-electron chi connectivity index (χ1n) is 18.8. The molecule has 25 nitrogen and oxygen atoms in total. The van der Waals surface area contributed by atoms with Crippen molar-refractivity contribution in [1.82, 2.24) is 50.4 Å². The van der Waals surface area contributed by atoms with Gasteiger partial charge in [0.1, 0.15) is 27.8 Å². The predicted octanol–water partition coefficient (Wildman–Crippen LogP) is -0.117. The van der Waals surface area contributed by atoms with E-state index < -0.39 is 85.3 Å². The van der Waals surface area contributed by atoms with Crippen LogP contribution in [0.25, 0.3) is 5.78 Å². The number of aryl methyl sites for hydroxylation is 1. The number of nitrogens with two attached hydrogens (primary N) is 1. The Balaban J connectivity index is 0.00000741. The number of fused-ring (bicyclic) bond motifs is 2. The number of hydrogen-bond acceptors (Lipinski definition) is 21. The molecule has 1 fully saturated rings. The summed E-state index contributed by atoms with van der Waals surface area (Å²) in [6.45, 7) is 3.85. The molecule has 1 radical (unpaired) electrons. The van der Waals surface area contributed by atoms with Crippen LogP contribution in [0.5, 0.6) is 23.0 Å². The fraction of sp³-hybridized carbons (Fsp3) is 0.243. The Morgan fingerprint density at radius 3 is 2.36 bits per heavy atom. The number of hydrogen-bond donors (Lipinski definition) is 10. The van der Waals surface area contributed by atoms with E-state index in [0.29, 0.717) is 16.3 Å². The molecule has 67 heavy (non-hydrogen) atoms. The quantitative estimate of drug-likeness (QED) is 0.0124. The number of phenols is 4. The number of carboxylic acids is 1. The summed E-state index contributed by atoms with van der Waals surface area (Å²) in [6.07, 6.45) is 0. The first-order valence-corrected chi connectivity index (χ1v) is 23.2. The molecule has 0 bridgehead atoms. The van der Waals surface area contributed by atoms with Crippen LogP contribution < -0.4 is 26.6 Å². The van der Waals surface area contributed by atoms with Crippen molar-refractivity contribution in [3.05, 3.63) is 81.9 Å². The predicted molar refractivity (Wildman–Crippen MR) is 239 cm³/mol. The van der Waals surface area contributed by atoms with Gasteiger partial charge in [-0.25, -0.2) is 27.9 Å². The molecule has 0 unspecified atom stereocenters. The molecule has 0 spiro atoms. The van der Waals surface area contributed by atoms with Crippen LogP contribution in [0.1, 0.15) is 41.4 Å². The van der Waals surface area contributed by atoms with E-state index in [4.69, 9.17) is 10.6 Å². The van der Waals surface area contributed by atoms with Gasteiger partial charge in [0.25, 0.3) is 29.4 Å². The third kappa shape index (κ3) is 10.8. The Hall–Kier alpha value is -6.21. The van der Waals surface area contributed by atoms with Gasteiger partial charge < -0.3 is 41.4 Å². The molecule has 5 heterocycles. The summed E-state index contributed by atoms with van der Waals surface area (Å²) in [6, 6.07) is 6.68. The third-order valence-electron chi connectivity index (χ3n) is 9.48. The number of carbonyl (C=O) groups excluding carboxylic acids is 4. The number of carboxylic acid groups (broad SMARTS) is 1. The molecule has 2 atom stereocenters. The number of anilines is 1. The van der Waals surface area contributed by atoms with Crippen molar-refractivity contribution >= 4 is 121 Å². The first-order chi connectivity index (χ1) is 31.1. The number of β-lactam (4-membered cyclic amide) rings is 1. The van der Waals surface area contributed by atoms with Crippen LogP contribution in [0.3, 0.4) is 0 Å². The molecule has 1 saturated heterocycles. The van der Waals surface area contributed by atoms with Gasteiger partial charge in [0, 0.05) is 63.8 Å². The second-order valence-electron chi connectivity index (χ2n) is 14.6. The summed E-state index contributed by atoms with van der Waals surface area (Å²) >= 11 is 3.31. The Morgan fingerprint density at radius 1 is 1.00 bits per heavy atom. The summed E-state index contributed by atoms with van der Waals surface area (Å²) in [7, 11) is -4.16. The molecule has 2 aliphatic rings. The topological polar surface area (TPSA) is 376 Å². The first kappa shape index (κ1) is 50.2. The van der Waals surface area contributed by atoms with Gasteiger partial charge in [0.15, 0.2) is 39.7 Å². The zero-order valence-electron chi connectivity index (χ0n) is 35.2. The average Bonchev–Trinajstić information content (AvgIpc) is 3.89. The monoisotopic (exact) mass is 1010 g/mol. The molecule has 3 aromatic heterocycles. The number of amides is 4. The van der Waals surface area contributed by atoms with Crippen LogP contribution in [0.15, 0.2) is 74.2 Å². The molecule has 2 aliphatic heterocycles. The Morgan fingerprint density at radius 2 is 1.70 bits per heavy atom. The molecule has 347 valence electrons. The maximum Gasteiger partial charge on any atom is 0.352 e. The molecule has 4 amide bonds. The second-order valence-corrected chi connectivity index (χ2v) is 19.3. The van der Waals surface area contributed by atoms with E-state index in [9.17, 15) is 57.9 Å². The van der Waals surface area contributed by atoms with E-state index in [1.165, 1.54) is 41.6 Å². The minimum absolute atomic E-state index is 0. The standard InChI is InChI=1S/C37H36N12O13S4.Na/c1-15-8-25(49-36(40-15)42-24(46-49)11-39-66(60,61)18-5-7-21(51)23(53)10-18)63-12-17-13-64-32-27(31(56)48(32)28(17)33(57)58)43-30(55)26(19-14-65-35(38)41-19)47-62-37(2,3)34(59)45-44-29(54)16-4-6-20(50)22(52)9-16;/h4-10,14,27,32,39,50-53H,11-13H2,1-3H3,(H2,38,41)(H,43,55)(H,44,54)(H,45,59)(H,57,58);/t27-,32-;/m1./s1. The third-order valence-corrected chi connectivity index (χ3v) is 14.0. The van der Waals surface area contributed by atoms with Gasteiger partial charge in [-0.05, 0) is 62.7 Å². The number of thiazole rings is 1. The van der Waals surface area contributed by atoms with Crippen molar-refractivity contribution in [2.75, 3.05) is 17.2 Å². The van der Waals surface area contributed by atoms with Gasteiger partial charge in [0.2, 0.25) is 15.6 Å². The van der Waals surface area contributed by atoms with Crippen molar-refractivity contribution in [2.45, 2.75) is 54.3 Å². The van der Waals surface area contributed by atoms with Crippen LogP contribution in [-0.4, -0.2) is 157 Å². The van der Waals surface area contributed by atoms with Gasteiger partial charge in [-0.3, -0.25) is 34.9 Å². The molecule has 30 heteroatoms. The zero-order valence-corrected chi connectivity index (χ0v) is 40.5. The number of rotatable bonds is 15. The fourth-order valence-corrected chi connectivity index (χ4v) is 10.1. The number of carbonyl (C=O) groups is 5. The van der Waals surface area contributed by atoms with E-state index >= 15 is 0 Å². The zero-order chi connectivity index (χ0) is 47.8. The summed E-state index contributed by atoms with van der Waals surface area (Å²) in [5.74, 6) is -6.72. The number of sulfonamides is 1. The van der Waals surface area contributed by atoms with Crippen LogP contribution in [0.2, 0.25) is 0 Å². The van der Waals surface area contributed by atoms with E-state index in [0.717, 1.165) is 58.3 Å². The Bertz CT molecular complexity index is 3020. The van der Waals surface area contributed by atoms with Crippen LogP contribution in [0, 0.1) is 6.92 Å². The molecular formula is C37H36N12NaO13S4. The Kier molecular flexibility index (Phi) is 14.9. The van der Waals surface area contributed by atoms with Gasteiger partial charge in [-0.2, -0.15) is 9.50 Å². The van der Waals surface area contributed by atoms with Crippen LogP contribution >= 0.6 is 34.9 Å². The summed E-state index contributed by atoms with van der Waals surface area (Å²) in [4.78, 5) is 84.6. The molecule has 2 aromatic carbocycles. The molecule has 11 N–H and O–H groups in total. The molecule has 0 aliphatic carbocycles. The number of oxime groups is 1. The second kappa shape index (κ2) is 19.9. The number of nitrogens with zero attached hydrogens (tertiary/aromatic N) is 7. The van der Waals surface area contributed by atoms with Crippen molar-refractivity contribution in [1.29, 1.82) is 0 Å². The average molecular weight is 1010 g/mol. The minimum atomic E-state index is -4.16. The Labute approximate surface area is 412 Å². The van der Waals surface area contributed by atoms with Crippen molar-refractivity contribution in [3.63, 3.8) is 0 Å². The van der Waals surface area contributed by atoms with E-state index in [1.54, 1.807) is 13.0 Å². The molecule has 0 saturated carbocycles. The maximum absolute atomic E-state index is 13.8. The number of aromatic hydroxyl groups is 4. The van der Waals surface area contributed by atoms with Crippen LogP contribution in [0.4, 0.5) is 5.13 Å². The number of aromatic nitrogens is 5. The number of nitrogen functional groups attached to an aromatic ring is 1. The minimum Gasteiger partial charge on any atom is -0.504 e. The van der Waals surface area contributed by atoms with Gasteiger partial charge in [-0.1, -0.05) is 5.16 Å². The van der Waals surface area contributed by atoms with E-state index in [-0.39, 0.29) is 86.2 Å². The molecule has 7 rings (SSSR count). The maximum atomic E-state index is 13.8. The van der Waals surface area contributed by atoms with E-state index in [2.05, 4.69) is 46.1 Å². The number of benzene rings is 2. The summed E-state index contributed by atoms with van der Waals surface area (Å²) in [5, 5.41) is 60.7. The normalized spacial score (nSPS) is 16.1. The number of aliphatic carboxylic acids is 1. The number of nitrogens with one attached hydrogen (secondary N) is 4. The molecular weight excluding hydrogens is 972 g/mol. The summed E-state index contributed by atoms with van der Waals surface area (Å²) < 4.78 is 29.3. The van der Waals surface area contributed by atoms with Gasteiger partial charge in [-0.15, -0.1) is 40.0 Å². The number of hydrazine groups is 1. The molecule has 5 aromatic rings. The van der Waals surface area contributed by atoms with Crippen molar-refractivity contribution < 1.29 is 62.8 Å². The number of phenolic OH excluding ortho intramolecular Hbond substituents is 4. The van der Waals surface area contributed by atoms with Crippen LogP contribution in [-0.2, 0) is 40.6 Å². The van der Waals surface area contributed by atoms with Crippen molar-refractivity contribution in [2.24, 2.45) is 5.16 Å². The fourth-order valence-electron chi connectivity index (χ4n) is 6.05. The van der Waals surface area contributed by atoms with E-state index in [1.807, 2.05) is 0 Å². The smallest absolute Gasteiger partial charge is 0.352 e. The largest absolute Gasteiger partial charge is 0.504 e. The van der Waals surface area contributed by atoms with Gasteiger partial charge >= 0.3 is 5.97 Å². The van der Waals surface area contributed by atoms with Gasteiger partial charge in [0.05, 0.1) is 11.4 Å². The van der Waals surface area contributed by atoms with Crippen molar-refractivity contribution in [3.8, 4) is 23.0 Å².